The first-order chi connectivity index (χ1) is 8.14. The molecule has 0 atom stereocenters. The molecule has 2 aliphatic rings. The van der Waals surface area contributed by atoms with Gasteiger partial charge in [0.15, 0.2) is 9.84 Å². The van der Waals surface area contributed by atoms with E-state index in [-0.39, 0.29) is 0 Å². The minimum atomic E-state index is -2.78. The third kappa shape index (κ3) is 2.46. The minimum absolute atomic E-state index is 0.292. The van der Waals surface area contributed by atoms with E-state index in [0.29, 0.717) is 24.6 Å². The molecule has 0 amide bonds. The summed E-state index contributed by atoms with van der Waals surface area (Å²) in [5, 5.41) is 0. The molecular formula is C13H17NO2S. The summed E-state index contributed by atoms with van der Waals surface area (Å²) < 4.78 is 22.8. The van der Waals surface area contributed by atoms with Crippen LogP contribution in [0.2, 0.25) is 0 Å². The zero-order valence-electron chi connectivity index (χ0n) is 9.80. The van der Waals surface area contributed by atoms with E-state index in [1.54, 1.807) is 0 Å². The van der Waals surface area contributed by atoms with E-state index >= 15 is 0 Å². The number of sulfone groups is 1. The van der Waals surface area contributed by atoms with Crippen molar-refractivity contribution in [1.29, 1.82) is 0 Å². The van der Waals surface area contributed by atoms with Crippen LogP contribution in [-0.2, 0) is 9.84 Å². The number of nitrogens with zero attached hydrogens (tertiary/aromatic N) is 1. The van der Waals surface area contributed by atoms with Crippen molar-refractivity contribution in [3.63, 3.8) is 0 Å². The average Bonchev–Trinajstić information content (AvgIpc) is 3.13. The summed E-state index contributed by atoms with van der Waals surface area (Å²) in [4.78, 5) is 2.19. The van der Waals surface area contributed by atoms with Crippen LogP contribution >= 0.6 is 0 Å². The fourth-order valence-electron chi connectivity index (χ4n) is 2.36. The van der Waals surface area contributed by atoms with Crippen LogP contribution in [0.15, 0.2) is 24.3 Å². The van der Waals surface area contributed by atoms with E-state index in [0.717, 1.165) is 5.92 Å². The van der Waals surface area contributed by atoms with Crippen molar-refractivity contribution in [2.75, 3.05) is 29.5 Å². The molecular weight excluding hydrogens is 234 g/mol. The second kappa shape index (κ2) is 4.02. The Morgan fingerprint density at radius 2 is 1.82 bits per heavy atom. The molecule has 1 saturated heterocycles. The van der Waals surface area contributed by atoms with Gasteiger partial charge in [-0.05, 0) is 36.5 Å². The number of hydrogen-bond donors (Lipinski definition) is 0. The first-order valence-corrected chi connectivity index (χ1v) is 8.01. The van der Waals surface area contributed by atoms with E-state index in [1.165, 1.54) is 24.1 Å². The molecule has 4 heteroatoms. The van der Waals surface area contributed by atoms with Crippen LogP contribution in [0.1, 0.15) is 24.3 Å². The Labute approximate surface area is 102 Å². The molecule has 1 aliphatic heterocycles. The van der Waals surface area contributed by atoms with Gasteiger partial charge in [0.2, 0.25) is 0 Å². The first-order valence-electron chi connectivity index (χ1n) is 6.19. The molecule has 1 aromatic rings. The Balaban J connectivity index is 1.78. The largest absolute Gasteiger partial charge is 0.369 e. The van der Waals surface area contributed by atoms with Gasteiger partial charge in [0.1, 0.15) is 0 Å². The molecule has 17 heavy (non-hydrogen) atoms. The van der Waals surface area contributed by atoms with Crippen LogP contribution in [0.5, 0.6) is 0 Å². The quantitative estimate of drug-likeness (QED) is 0.804. The zero-order chi connectivity index (χ0) is 11.9. The number of rotatable bonds is 2. The molecule has 0 spiro atoms. The normalized spacial score (nSPS) is 23.6. The Morgan fingerprint density at radius 3 is 2.47 bits per heavy atom. The molecule has 1 aliphatic carbocycles. The van der Waals surface area contributed by atoms with Gasteiger partial charge in [0.25, 0.3) is 0 Å². The van der Waals surface area contributed by atoms with Crippen molar-refractivity contribution in [1.82, 2.24) is 0 Å². The molecule has 0 bridgehead atoms. The Kier molecular flexibility index (Phi) is 2.62. The lowest BCUT2D eigenvalue weighted by Gasteiger charge is -2.29. The number of hydrogen-bond acceptors (Lipinski definition) is 3. The molecule has 0 radical (unpaired) electrons. The summed E-state index contributed by atoms with van der Waals surface area (Å²) in [6.07, 6.45) is 2.61. The lowest BCUT2D eigenvalue weighted by molar-refractivity contribution is 0.587. The predicted molar refractivity (Wildman–Crippen MR) is 69.3 cm³/mol. The molecule has 1 saturated carbocycles. The van der Waals surface area contributed by atoms with Crippen LogP contribution in [0.3, 0.4) is 0 Å². The summed E-state index contributed by atoms with van der Waals surface area (Å²) in [6, 6.07) is 8.59. The summed E-state index contributed by atoms with van der Waals surface area (Å²) in [7, 11) is -2.78. The Morgan fingerprint density at radius 1 is 1.12 bits per heavy atom. The summed E-state index contributed by atoms with van der Waals surface area (Å²) >= 11 is 0. The van der Waals surface area contributed by atoms with Crippen LogP contribution in [-0.4, -0.2) is 33.0 Å². The van der Waals surface area contributed by atoms with Gasteiger partial charge >= 0.3 is 0 Å². The van der Waals surface area contributed by atoms with Crippen molar-refractivity contribution in [2.45, 2.75) is 18.8 Å². The lowest BCUT2D eigenvalue weighted by atomic mass is 10.1. The summed E-state index contributed by atoms with van der Waals surface area (Å²) in [6.45, 7) is 1.27. The van der Waals surface area contributed by atoms with E-state index < -0.39 is 9.84 Å². The van der Waals surface area contributed by atoms with E-state index in [4.69, 9.17) is 0 Å². The highest BCUT2D eigenvalue weighted by molar-refractivity contribution is 7.91. The number of benzene rings is 1. The monoisotopic (exact) mass is 251 g/mol. The van der Waals surface area contributed by atoms with Gasteiger partial charge in [0, 0.05) is 18.8 Å². The molecule has 0 N–H and O–H groups in total. The molecule has 1 aromatic carbocycles. The summed E-state index contributed by atoms with van der Waals surface area (Å²) in [5.74, 6) is 1.34. The van der Waals surface area contributed by atoms with Crippen molar-refractivity contribution in [3.05, 3.63) is 29.8 Å². The molecule has 0 unspecified atom stereocenters. The van der Waals surface area contributed by atoms with Crippen molar-refractivity contribution >= 4 is 15.5 Å². The highest BCUT2D eigenvalue weighted by Crippen LogP contribution is 2.41. The Bertz CT molecular complexity index is 506. The zero-order valence-corrected chi connectivity index (χ0v) is 10.6. The minimum Gasteiger partial charge on any atom is -0.369 e. The van der Waals surface area contributed by atoms with Gasteiger partial charge in [-0.3, -0.25) is 0 Å². The van der Waals surface area contributed by atoms with Gasteiger partial charge in [-0.1, -0.05) is 12.1 Å². The second-order valence-corrected chi connectivity index (χ2v) is 7.31. The number of anilines is 1. The molecule has 2 fully saturated rings. The van der Waals surface area contributed by atoms with Gasteiger partial charge in [0.05, 0.1) is 11.5 Å². The predicted octanol–water partition coefficient (Wildman–Crippen LogP) is 1.80. The van der Waals surface area contributed by atoms with E-state index in [1.807, 2.05) is 0 Å². The fourth-order valence-corrected chi connectivity index (χ4v) is 3.56. The van der Waals surface area contributed by atoms with Gasteiger partial charge < -0.3 is 4.90 Å². The van der Waals surface area contributed by atoms with Crippen molar-refractivity contribution in [3.8, 4) is 0 Å². The maximum Gasteiger partial charge on any atom is 0.153 e. The molecule has 3 rings (SSSR count). The van der Waals surface area contributed by atoms with Crippen LogP contribution in [0.4, 0.5) is 5.69 Å². The average molecular weight is 251 g/mol. The standard InChI is InChI=1S/C13H17NO2S/c15-17(16)8-6-14(7-9-17)13-3-1-2-12(10-13)11-4-5-11/h1-3,10-11H,4-9H2. The molecule has 1 heterocycles. The van der Waals surface area contributed by atoms with Gasteiger partial charge in [-0.25, -0.2) is 8.42 Å². The Hall–Kier alpha value is -1.03. The SMILES string of the molecule is O=S1(=O)CCN(c2cccc(C3CC3)c2)CC1. The van der Waals surface area contributed by atoms with E-state index in [2.05, 4.69) is 29.2 Å². The van der Waals surface area contributed by atoms with Gasteiger partial charge in [-0.2, -0.15) is 0 Å². The molecule has 92 valence electrons. The highest BCUT2D eigenvalue weighted by atomic mass is 32.2. The van der Waals surface area contributed by atoms with Crippen LogP contribution < -0.4 is 4.90 Å². The fraction of sp³-hybridized carbons (Fsp3) is 0.538. The van der Waals surface area contributed by atoms with Crippen LogP contribution in [0.25, 0.3) is 0 Å². The highest BCUT2D eigenvalue weighted by Gasteiger charge is 2.25. The molecule has 3 nitrogen and oxygen atoms in total. The topological polar surface area (TPSA) is 37.4 Å². The van der Waals surface area contributed by atoms with Crippen molar-refractivity contribution < 1.29 is 8.42 Å². The maximum absolute atomic E-state index is 11.4. The molecule has 0 aromatic heterocycles. The van der Waals surface area contributed by atoms with Crippen LogP contribution in [0, 0.1) is 0 Å². The van der Waals surface area contributed by atoms with E-state index in [9.17, 15) is 8.42 Å². The van der Waals surface area contributed by atoms with Crippen molar-refractivity contribution in [2.24, 2.45) is 0 Å². The lowest BCUT2D eigenvalue weighted by Crippen LogP contribution is -2.40. The second-order valence-electron chi connectivity index (χ2n) is 5.01. The summed E-state index contributed by atoms with van der Waals surface area (Å²) in [5.41, 5.74) is 2.60. The third-order valence-electron chi connectivity index (χ3n) is 3.63. The smallest absolute Gasteiger partial charge is 0.153 e. The maximum atomic E-state index is 11.4. The first kappa shape index (κ1) is 11.1. The third-order valence-corrected chi connectivity index (χ3v) is 5.24. The van der Waals surface area contributed by atoms with Gasteiger partial charge in [-0.15, -0.1) is 0 Å².